The Kier molecular flexibility index (Phi) is 6.57. The Bertz CT molecular complexity index is 715. The lowest BCUT2D eigenvalue weighted by atomic mass is 10.2. The predicted octanol–water partition coefficient (Wildman–Crippen LogP) is 3.01. The van der Waals surface area contributed by atoms with Gasteiger partial charge in [0.15, 0.2) is 16.6 Å². The number of methoxy groups -OCH3 is 1. The van der Waals surface area contributed by atoms with Crippen LogP contribution >= 0.6 is 12.2 Å². The maximum Gasteiger partial charge on any atom is 0.186 e. The molecule has 0 atom stereocenters. The van der Waals surface area contributed by atoms with Crippen LogP contribution in [0.4, 0.5) is 0 Å². The Hall–Kier alpha value is -2.60. The molecule has 0 fully saturated rings. The number of hydrazone groups is 1. The third kappa shape index (κ3) is 5.24. The topological polar surface area (TPSA) is 54.9 Å². The summed E-state index contributed by atoms with van der Waals surface area (Å²) in [5.74, 6) is 1.34. The maximum atomic E-state index is 5.85. The second-order valence-electron chi connectivity index (χ2n) is 5.13. The summed E-state index contributed by atoms with van der Waals surface area (Å²) in [6, 6.07) is 13.9. The number of benzene rings is 2. The van der Waals surface area contributed by atoms with Gasteiger partial charge < -0.3 is 14.8 Å². The molecule has 5 nitrogen and oxygen atoms in total. The first-order valence-electron chi connectivity index (χ1n) is 7.49. The van der Waals surface area contributed by atoms with Crippen LogP contribution in [0.15, 0.2) is 47.6 Å². The van der Waals surface area contributed by atoms with Gasteiger partial charge in [0.25, 0.3) is 0 Å². The third-order valence-corrected chi connectivity index (χ3v) is 3.60. The van der Waals surface area contributed by atoms with Crippen LogP contribution in [0.25, 0.3) is 0 Å². The largest absolute Gasteiger partial charge is 0.493 e. The van der Waals surface area contributed by atoms with Gasteiger partial charge in [-0.25, -0.2) is 0 Å². The van der Waals surface area contributed by atoms with Crippen molar-refractivity contribution in [2.45, 2.75) is 13.5 Å². The quantitative estimate of drug-likeness (QED) is 0.480. The summed E-state index contributed by atoms with van der Waals surface area (Å²) >= 11 is 4.95. The number of thiocarbonyl (C=S) groups is 1. The second kappa shape index (κ2) is 8.88. The molecule has 0 aliphatic rings. The van der Waals surface area contributed by atoms with Crippen LogP contribution in [0.3, 0.4) is 0 Å². The van der Waals surface area contributed by atoms with Crippen molar-refractivity contribution in [3.8, 4) is 11.5 Å². The maximum absolute atomic E-state index is 5.85. The van der Waals surface area contributed by atoms with E-state index < -0.39 is 0 Å². The SMILES string of the molecule is CNC(=S)NN=Cc1ccc(OCc2ccc(C)cc2)c(OC)c1. The number of hydrogen-bond acceptors (Lipinski definition) is 4. The molecule has 24 heavy (non-hydrogen) atoms. The van der Waals surface area contributed by atoms with Gasteiger partial charge in [-0.2, -0.15) is 5.10 Å². The normalized spacial score (nSPS) is 10.5. The minimum Gasteiger partial charge on any atom is -0.493 e. The smallest absolute Gasteiger partial charge is 0.186 e. The monoisotopic (exact) mass is 343 g/mol. The van der Waals surface area contributed by atoms with E-state index in [1.165, 1.54) is 5.56 Å². The van der Waals surface area contributed by atoms with Crippen LogP contribution in [-0.2, 0) is 6.61 Å². The Morgan fingerprint density at radius 3 is 2.58 bits per heavy atom. The molecule has 0 radical (unpaired) electrons. The molecule has 0 amide bonds. The molecular weight excluding hydrogens is 322 g/mol. The molecule has 0 unspecified atom stereocenters. The van der Waals surface area contributed by atoms with E-state index in [-0.39, 0.29) is 0 Å². The fourth-order valence-electron chi connectivity index (χ4n) is 1.95. The Labute approximate surface area is 147 Å². The highest BCUT2D eigenvalue weighted by Gasteiger charge is 2.05. The van der Waals surface area contributed by atoms with Gasteiger partial charge in [0.05, 0.1) is 13.3 Å². The zero-order valence-corrected chi connectivity index (χ0v) is 14.8. The van der Waals surface area contributed by atoms with Crippen molar-refractivity contribution in [3.05, 3.63) is 59.2 Å². The zero-order chi connectivity index (χ0) is 17.4. The summed E-state index contributed by atoms with van der Waals surface area (Å²) < 4.78 is 11.3. The molecule has 0 aliphatic heterocycles. The molecule has 0 saturated carbocycles. The van der Waals surface area contributed by atoms with Crippen molar-refractivity contribution in [3.63, 3.8) is 0 Å². The van der Waals surface area contributed by atoms with E-state index in [9.17, 15) is 0 Å². The summed E-state index contributed by atoms with van der Waals surface area (Å²) in [5, 5.41) is 7.28. The standard InChI is InChI=1S/C18H21N3O2S/c1-13-4-6-14(7-5-13)12-23-16-9-8-15(10-17(16)22-3)11-20-21-18(24)19-2/h4-11H,12H2,1-3H3,(H2,19,21,24). The van der Waals surface area contributed by atoms with Crippen LogP contribution in [-0.4, -0.2) is 25.5 Å². The molecular formula is C18H21N3O2S. The minimum atomic E-state index is 0.455. The first-order chi connectivity index (χ1) is 11.6. The lowest BCUT2D eigenvalue weighted by molar-refractivity contribution is 0.284. The molecule has 126 valence electrons. The Balaban J connectivity index is 2.02. The van der Waals surface area contributed by atoms with E-state index in [1.807, 2.05) is 18.2 Å². The molecule has 0 spiro atoms. The van der Waals surface area contributed by atoms with Crippen LogP contribution in [0.2, 0.25) is 0 Å². The van der Waals surface area contributed by atoms with E-state index in [4.69, 9.17) is 21.7 Å². The molecule has 0 aromatic heterocycles. The summed E-state index contributed by atoms with van der Waals surface area (Å²) in [4.78, 5) is 0. The van der Waals surface area contributed by atoms with Crippen LogP contribution in [0.1, 0.15) is 16.7 Å². The van der Waals surface area contributed by atoms with Crippen molar-refractivity contribution in [2.24, 2.45) is 5.10 Å². The van der Waals surface area contributed by atoms with Gasteiger partial charge in [-0.05, 0) is 48.5 Å². The fourth-order valence-corrected chi connectivity index (χ4v) is 2.00. The summed E-state index contributed by atoms with van der Waals surface area (Å²) in [7, 11) is 3.34. The van der Waals surface area contributed by atoms with Crippen molar-refractivity contribution in [1.82, 2.24) is 10.7 Å². The van der Waals surface area contributed by atoms with Crippen molar-refractivity contribution >= 4 is 23.5 Å². The van der Waals surface area contributed by atoms with Gasteiger partial charge in [0, 0.05) is 7.05 Å². The molecule has 0 bridgehead atoms. The summed E-state index contributed by atoms with van der Waals surface area (Å²) in [5.41, 5.74) is 5.92. The summed E-state index contributed by atoms with van der Waals surface area (Å²) in [6.45, 7) is 2.55. The lowest BCUT2D eigenvalue weighted by Gasteiger charge is -2.11. The Morgan fingerprint density at radius 2 is 1.92 bits per heavy atom. The Morgan fingerprint density at radius 1 is 1.17 bits per heavy atom. The first kappa shape index (κ1) is 17.7. The van der Waals surface area contributed by atoms with Gasteiger partial charge in [0.1, 0.15) is 6.61 Å². The highest BCUT2D eigenvalue weighted by molar-refractivity contribution is 7.80. The van der Waals surface area contributed by atoms with E-state index in [0.717, 1.165) is 11.1 Å². The lowest BCUT2D eigenvalue weighted by Crippen LogP contribution is -2.28. The average Bonchev–Trinajstić information content (AvgIpc) is 2.61. The van der Waals surface area contributed by atoms with Crippen molar-refractivity contribution in [2.75, 3.05) is 14.2 Å². The number of ether oxygens (including phenoxy) is 2. The van der Waals surface area contributed by atoms with E-state index in [0.29, 0.717) is 23.2 Å². The van der Waals surface area contributed by atoms with Crippen molar-refractivity contribution < 1.29 is 9.47 Å². The van der Waals surface area contributed by atoms with E-state index in [1.54, 1.807) is 20.4 Å². The molecule has 2 aromatic rings. The van der Waals surface area contributed by atoms with Gasteiger partial charge in [-0.1, -0.05) is 29.8 Å². The first-order valence-corrected chi connectivity index (χ1v) is 7.90. The van der Waals surface area contributed by atoms with E-state index >= 15 is 0 Å². The number of nitrogens with zero attached hydrogens (tertiary/aromatic N) is 1. The summed E-state index contributed by atoms with van der Waals surface area (Å²) in [6.07, 6.45) is 1.66. The fraction of sp³-hybridized carbons (Fsp3) is 0.222. The highest BCUT2D eigenvalue weighted by atomic mass is 32.1. The molecule has 6 heteroatoms. The number of nitrogens with one attached hydrogen (secondary N) is 2. The molecule has 0 saturated heterocycles. The number of hydrogen-bond donors (Lipinski definition) is 2. The number of aryl methyl sites for hydroxylation is 1. The average molecular weight is 343 g/mol. The van der Waals surface area contributed by atoms with Gasteiger partial charge in [-0.3, -0.25) is 5.43 Å². The third-order valence-electron chi connectivity index (χ3n) is 3.31. The molecule has 2 rings (SSSR count). The van der Waals surface area contributed by atoms with Gasteiger partial charge in [0.2, 0.25) is 0 Å². The van der Waals surface area contributed by atoms with Gasteiger partial charge in [-0.15, -0.1) is 0 Å². The van der Waals surface area contributed by atoms with Crippen LogP contribution in [0.5, 0.6) is 11.5 Å². The van der Waals surface area contributed by atoms with E-state index in [2.05, 4.69) is 47.0 Å². The van der Waals surface area contributed by atoms with Crippen molar-refractivity contribution in [1.29, 1.82) is 0 Å². The second-order valence-corrected chi connectivity index (χ2v) is 5.54. The number of rotatable bonds is 6. The molecule has 2 N–H and O–H groups in total. The molecule has 2 aromatic carbocycles. The minimum absolute atomic E-state index is 0.455. The van der Waals surface area contributed by atoms with Gasteiger partial charge >= 0.3 is 0 Å². The molecule has 0 aliphatic carbocycles. The molecule has 0 heterocycles. The predicted molar refractivity (Wildman–Crippen MR) is 101 cm³/mol. The highest BCUT2D eigenvalue weighted by Crippen LogP contribution is 2.28. The zero-order valence-electron chi connectivity index (χ0n) is 14.0. The van der Waals surface area contributed by atoms with Crippen LogP contribution in [0, 0.1) is 6.92 Å². The van der Waals surface area contributed by atoms with Crippen LogP contribution < -0.4 is 20.2 Å².